The van der Waals surface area contributed by atoms with Crippen LogP contribution < -0.4 is 0 Å². The molecule has 0 radical (unpaired) electrons. The molecule has 0 bridgehead atoms. The first kappa shape index (κ1) is 35.5. The number of fused-ring (bicyclic) bond motifs is 6. The lowest BCUT2D eigenvalue weighted by atomic mass is 9.96. The van der Waals surface area contributed by atoms with Gasteiger partial charge >= 0.3 is 0 Å². The first-order chi connectivity index (χ1) is 30.8. The molecule has 12 rings (SSSR count). The molecule has 5 heteroatoms. The summed E-state index contributed by atoms with van der Waals surface area (Å²) in [4.78, 5) is 10.8. The van der Waals surface area contributed by atoms with Crippen LogP contribution in [-0.4, -0.2) is 24.1 Å². The zero-order valence-electron chi connectivity index (χ0n) is 33.6. The summed E-state index contributed by atoms with van der Waals surface area (Å²) in [6.07, 6.45) is 0. The Balaban J connectivity index is 1.10. The summed E-state index contributed by atoms with van der Waals surface area (Å²) < 4.78 is 4.49. The van der Waals surface area contributed by atoms with Crippen LogP contribution in [0.2, 0.25) is 0 Å². The van der Waals surface area contributed by atoms with Crippen molar-refractivity contribution >= 4 is 38.1 Å². The predicted octanol–water partition coefficient (Wildman–Crippen LogP) is 14.4. The maximum Gasteiger partial charge on any atom is 0.160 e. The van der Waals surface area contributed by atoms with Gasteiger partial charge in [0.25, 0.3) is 0 Å². The first-order valence-electron chi connectivity index (χ1n) is 21.0. The quantitative estimate of drug-likeness (QED) is 0.162. The van der Waals surface area contributed by atoms with Gasteiger partial charge < -0.3 is 4.57 Å². The lowest BCUT2D eigenvalue weighted by Crippen LogP contribution is -1.97. The standard InChI is InChI=1S/C57H37N5/c1-5-19-38(20-6-1)48-37-49(46-32-18-34-51-54(46)47-31-15-16-33-50(47)61(51)44-28-11-4-12-29-44)59-57(58-48)43-27-17-26-42(35-43)55-53(40-23-9-3-10-24-40)56-45-30-14-13-25-41(45)36-52(62(56)60-55)39-21-7-2-8-22-39/h1-37H. The average molecular weight is 792 g/mol. The van der Waals surface area contributed by atoms with Crippen molar-refractivity contribution in [3.8, 4) is 73.2 Å². The summed E-state index contributed by atoms with van der Waals surface area (Å²) in [5.41, 5.74) is 15.4. The van der Waals surface area contributed by atoms with Gasteiger partial charge in [-0.05, 0) is 53.4 Å². The van der Waals surface area contributed by atoms with E-state index in [1.165, 1.54) is 5.39 Å². The minimum atomic E-state index is 0.646. The topological polar surface area (TPSA) is 48.0 Å². The molecule has 0 aliphatic rings. The van der Waals surface area contributed by atoms with Gasteiger partial charge in [0.05, 0.1) is 33.6 Å². The number of hydrogen-bond donors (Lipinski definition) is 0. The van der Waals surface area contributed by atoms with Crippen molar-refractivity contribution in [1.82, 2.24) is 24.1 Å². The van der Waals surface area contributed by atoms with E-state index < -0.39 is 0 Å². The number of aromatic nitrogens is 5. The van der Waals surface area contributed by atoms with Crippen molar-refractivity contribution in [2.45, 2.75) is 0 Å². The van der Waals surface area contributed by atoms with Crippen LogP contribution in [0.15, 0.2) is 224 Å². The van der Waals surface area contributed by atoms with Crippen molar-refractivity contribution in [2.75, 3.05) is 0 Å². The Hall–Kier alpha value is -8.41. The molecule has 4 aromatic heterocycles. The Labute approximate surface area is 358 Å². The fourth-order valence-electron chi connectivity index (χ4n) is 9.15. The van der Waals surface area contributed by atoms with E-state index in [9.17, 15) is 0 Å². The van der Waals surface area contributed by atoms with Gasteiger partial charge in [-0.25, -0.2) is 14.5 Å². The number of hydrogen-bond acceptors (Lipinski definition) is 3. The molecule has 5 nitrogen and oxygen atoms in total. The molecule has 0 atom stereocenters. The molecule has 8 aromatic carbocycles. The first-order valence-corrected chi connectivity index (χ1v) is 21.0. The van der Waals surface area contributed by atoms with Crippen LogP contribution in [0.1, 0.15) is 0 Å². The van der Waals surface area contributed by atoms with Gasteiger partial charge in [-0.15, -0.1) is 0 Å². The van der Waals surface area contributed by atoms with Gasteiger partial charge in [-0.3, -0.25) is 0 Å². The molecule has 0 aliphatic carbocycles. The third-order valence-electron chi connectivity index (χ3n) is 11.9. The highest BCUT2D eigenvalue weighted by Gasteiger charge is 2.23. The van der Waals surface area contributed by atoms with Crippen LogP contribution in [0.3, 0.4) is 0 Å². The predicted molar refractivity (Wildman–Crippen MR) is 255 cm³/mol. The van der Waals surface area contributed by atoms with Crippen molar-refractivity contribution in [3.05, 3.63) is 224 Å². The Bertz CT molecular complexity index is 3610. The van der Waals surface area contributed by atoms with Crippen LogP contribution in [0.25, 0.3) is 111 Å². The molecule has 12 aromatic rings. The highest BCUT2D eigenvalue weighted by molar-refractivity contribution is 6.15. The maximum absolute atomic E-state index is 5.51. The Morgan fingerprint density at radius 1 is 0.387 bits per heavy atom. The second-order valence-electron chi connectivity index (χ2n) is 15.6. The molecule has 0 N–H and O–H groups in total. The summed E-state index contributed by atoms with van der Waals surface area (Å²) in [6.45, 7) is 0. The van der Waals surface area contributed by atoms with Gasteiger partial charge in [0.2, 0.25) is 0 Å². The zero-order chi connectivity index (χ0) is 41.0. The number of para-hydroxylation sites is 2. The zero-order valence-corrected chi connectivity index (χ0v) is 33.6. The number of pyridine rings is 1. The molecule has 0 spiro atoms. The smallest absolute Gasteiger partial charge is 0.160 e. The van der Waals surface area contributed by atoms with Crippen LogP contribution in [0.5, 0.6) is 0 Å². The second-order valence-corrected chi connectivity index (χ2v) is 15.6. The number of rotatable bonds is 7. The van der Waals surface area contributed by atoms with E-state index in [2.05, 4.69) is 227 Å². The molecule has 0 unspecified atom stereocenters. The van der Waals surface area contributed by atoms with Crippen molar-refractivity contribution in [3.63, 3.8) is 0 Å². The molecule has 62 heavy (non-hydrogen) atoms. The molecule has 0 amide bonds. The van der Waals surface area contributed by atoms with E-state index in [4.69, 9.17) is 15.1 Å². The Morgan fingerprint density at radius 3 is 1.74 bits per heavy atom. The van der Waals surface area contributed by atoms with Crippen LogP contribution in [0, 0.1) is 0 Å². The fourth-order valence-corrected chi connectivity index (χ4v) is 9.15. The molecule has 0 aliphatic heterocycles. The molecular formula is C57H37N5. The van der Waals surface area contributed by atoms with Gasteiger partial charge in [0, 0.05) is 55.2 Å². The van der Waals surface area contributed by atoms with Crippen molar-refractivity contribution in [2.24, 2.45) is 0 Å². The SMILES string of the molecule is c1ccc(-c2cc(-c3cccc4c3c3ccccc3n4-c3ccccc3)nc(-c3cccc(-c4nn5c(-c6ccccc6)cc6ccccc6c5c4-c4ccccc4)c3)n2)cc1. The summed E-state index contributed by atoms with van der Waals surface area (Å²) in [6, 6.07) is 78.9. The van der Waals surface area contributed by atoms with E-state index in [0.29, 0.717) is 5.82 Å². The van der Waals surface area contributed by atoms with Gasteiger partial charge in [0.1, 0.15) is 5.69 Å². The Kier molecular flexibility index (Phi) is 8.42. The van der Waals surface area contributed by atoms with E-state index in [0.717, 1.165) is 100 Å². The largest absolute Gasteiger partial charge is 0.309 e. The summed E-state index contributed by atoms with van der Waals surface area (Å²) in [5.74, 6) is 0.646. The molecule has 0 saturated carbocycles. The van der Waals surface area contributed by atoms with Crippen molar-refractivity contribution < 1.29 is 0 Å². The molecule has 4 heterocycles. The van der Waals surface area contributed by atoms with Crippen LogP contribution in [-0.2, 0) is 0 Å². The van der Waals surface area contributed by atoms with Crippen LogP contribution >= 0.6 is 0 Å². The highest BCUT2D eigenvalue weighted by Crippen LogP contribution is 2.43. The average Bonchev–Trinajstić information content (AvgIpc) is 3.92. The van der Waals surface area contributed by atoms with Gasteiger partial charge in [-0.2, -0.15) is 5.10 Å². The normalized spacial score (nSPS) is 11.5. The minimum absolute atomic E-state index is 0.646. The van der Waals surface area contributed by atoms with Crippen molar-refractivity contribution in [1.29, 1.82) is 0 Å². The fraction of sp³-hybridized carbons (Fsp3) is 0. The van der Waals surface area contributed by atoms with E-state index in [1.807, 2.05) is 6.07 Å². The molecular weight excluding hydrogens is 755 g/mol. The van der Waals surface area contributed by atoms with Gasteiger partial charge in [0.15, 0.2) is 5.82 Å². The highest BCUT2D eigenvalue weighted by atomic mass is 15.2. The number of benzene rings is 8. The molecule has 0 fully saturated rings. The molecule has 0 saturated heterocycles. The summed E-state index contributed by atoms with van der Waals surface area (Å²) in [5, 5.41) is 10.2. The lowest BCUT2D eigenvalue weighted by molar-refractivity contribution is 0.979. The third kappa shape index (κ3) is 5.90. The van der Waals surface area contributed by atoms with E-state index in [1.54, 1.807) is 0 Å². The van der Waals surface area contributed by atoms with E-state index in [-0.39, 0.29) is 0 Å². The third-order valence-corrected chi connectivity index (χ3v) is 11.9. The Morgan fingerprint density at radius 2 is 0.968 bits per heavy atom. The summed E-state index contributed by atoms with van der Waals surface area (Å²) >= 11 is 0. The number of nitrogens with zero attached hydrogens (tertiary/aromatic N) is 5. The monoisotopic (exact) mass is 791 g/mol. The van der Waals surface area contributed by atoms with Crippen LogP contribution in [0.4, 0.5) is 0 Å². The lowest BCUT2D eigenvalue weighted by Gasteiger charge is -2.12. The minimum Gasteiger partial charge on any atom is -0.309 e. The second kappa shape index (κ2) is 14.7. The van der Waals surface area contributed by atoms with E-state index >= 15 is 0 Å². The maximum atomic E-state index is 5.51. The molecule has 290 valence electrons. The van der Waals surface area contributed by atoms with Gasteiger partial charge in [-0.1, -0.05) is 182 Å². The summed E-state index contributed by atoms with van der Waals surface area (Å²) in [7, 11) is 0.